The summed E-state index contributed by atoms with van der Waals surface area (Å²) in [7, 11) is 0. The lowest BCUT2D eigenvalue weighted by molar-refractivity contribution is -0.139. The first-order chi connectivity index (χ1) is 15.2. The van der Waals surface area contributed by atoms with E-state index in [1.165, 1.54) is 0 Å². The van der Waals surface area contributed by atoms with Gasteiger partial charge in [0.05, 0.1) is 17.5 Å². The summed E-state index contributed by atoms with van der Waals surface area (Å²) in [5.74, 6) is -0.258. The molecule has 2 aliphatic rings. The Bertz CT molecular complexity index is 1010. The molecule has 1 aliphatic heterocycles. The smallest absolute Gasteiger partial charge is 0.311 e. The van der Waals surface area contributed by atoms with Crippen LogP contribution in [0.3, 0.4) is 0 Å². The molecule has 32 heavy (non-hydrogen) atoms. The summed E-state index contributed by atoms with van der Waals surface area (Å²) in [6, 6.07) is 10.3. The Labute approximate surface area is 192 Å². The zero-order chi connectivity index (χ0) is 22.9. The van der Waals surface area contributed by atoms with E-state index in [1.807, 2.05) is 0 Å². The minimum absolute atomic E-state index is 0.0822. The topological polar surface area (TPSA) is 84.9 Å². The molecule has 0 aromatic heterocycles. The summed E-state index contributed by atoms with van der Waals surface area (Å²) >= 11 is 6.35. The van der Waals surface area contributed by atoms with Gasteiger partial charge in [0.15, 0.2) is 0 Å². The van der Waals surface area contributed by atoms with Gasteiger partial charge in [0, 0.05) is 23.2 Å². The first-order valence-corrected chi connectivity index (χ1v) is 11.4. The van der Waals surface area contributed by atoms with E-state index in [2.05, 4.69) is 19.2 Å². The Kier molecular flexibility index (Phi) is 6.33. The summed E-state index contributed by atoms with van der Waals surface area (Å²) in [6.07, 6.45) is 4.64. The number of hydrogen-bond donors (Lipinski definition) is 2. The van der Waals surface area contributed by atoms with E-state index >= 15 is 0 Å². The van der Waals surface area contributed by atoms with E-state index in [0.29, 0.717) is 51.8 Å². The molecule has 2 aromatic rings. The number of ether oxygens (including phenoxy) is 2. The number of amides is 1. The van der Waals surface area contributed by atoms with Crippen molar-refractivity contribution in [2.24, 2.45) is 5.41 Å². The van der Waals surface area contributed by atoms with Crippen LogP contribution in [0.4, 0.5) is 0 Å². The zero-order valence-electron chi connectivity index (χ0n) is 18.3. The number of fused-ring (bicyclic) bond motifs is 1. The van der Waals surface area contributed by atoms with Crippen LogP contribution in [0, 0.1) is 5.41 Å². The van der Waals surface area contributed by atoms with Crippen LogP contribution in [0.1, 0.15) is 67.8 Å². The zero-order valence-corrected chi connectivity index (χ0v) is 19.1. The number of nitrogens with one attached hydrogen (secondary N) is 1. The van der Waals surface area contributed by atoms with Crippen molar-refractivity contribution >= 4 is 23.5 Å². The van der Waals surface area contributed by atoms with Gasteiger partial charge in [-0.25, -0.2) is 0 Å². The number of carboxylic acid groups (broad SMARTS) is 1. The van der Waals surface area contributed by atoms with E-state index in [4.69, 9.17) is 21.1 Å². The molecule has 1 atom stereocenters. The largest absolute Gasteiger partial charge is 0.493 e. The normalized spacial score (nSPS) is 20.0. The van der Waals surface area contributed by atoms with Gasteiger partial charge in [0.2, 0.25) is 0 Å². The van der Waals surface area contributed by atoms with Crippen LogP contribution in [-0.4, -0.2) is 29.6 Å². The van der Waals surface area contributed by atoms with Gasteiger partial charge in [-0.05, 0) is 67.9 Å². The van der Waals surface area contributed by atoms with Gasteiger partial charge in [0.25, 0.3) is 5.91 Å². The number of carbonyl (C=O) groups excluding carboxylic acids is 1. The predicted molar refractivity (Wildman–Crippen MR) is 122 cm³/mol. The summed E-state index contributed by atoms with van der Waals surface area (Å²) in [5.41, 5.74) is 1.49. The fraction of sp³-hybridized carbons (Fsp3) is 0.440. The van der Waals surface area contributed by atoms with Crippen LogP contribution in [0.2, 0.25) is 5.02 Å². The van der Waals surface area contributed by atoms with Gasteiger partial charge in [0.1, 0.15) is 17.2 Å². The summed E-state index contributed by atoms with van der Waals surface area (Å²) < 4.78 is 11.5. The second kappa shape index (κ2) is 9.02. The standard InChI is InChI=1S/C25H28ClNO5/c1-25(2)10-7-16(8-11-25)27-23(28)15-3-5-17(6-4-15)32-22-14-21-19(13-20(22)26)18(24(29)30)9-12-31-21/h3-6,13-14,16,18H,7-12H2,1-2H3,(H,27,28)(H,29,30). The highest BCUT2D eigenvalue weighted by molar-refractivity contribution is 6.32. The molecular weight excluding hydrogens is 430 g/mol. The lowest BCUT2D eigenvalue weighted by Crippen LogP contribution is -2.39. The van der Waals surface area contributed by atoms with E-state index in [0.717, 1.165) is 25.7 Å². The van der Waals surface area contributed by atoms with Crippen molar-refractivity contribution in [2.75, 3.05) is 6.61 Å². The molecule has 1 fully saturated rings. The Balaban J connectivity index is 1.42. The Hall–Kier alpha value is -2.73. The van der Waals surface area contributed by atoms with E-state index in [1.54, 1.807) is 36.4 Å². The van der Waals surface area contributed by atoms with Crippen molar-refractivity contribution < 1.29 is 24.2 Å². The second-order valence-corrected chi connectivity index (χ2v) is 9.79. The lowest BCUT2D eigenvalue weighted by atomic mass is 9.75. The fourth-order valence-corrected chi connectivity index (χ4v) is 4.55. The third kappa shape index (κ3) is 5.01. The van der Waals surface area contributed by atoms with Crippen molar-refractivity contribution in [2.45, 2.75) is 57.9 Å². The first-order valence-electron chi connectivity index (χ1n) is 11.0. The number of rotatable bonds is 5. The molecule has 1 aliphatic carbocycles. The summed E-state index contributed by atoms with van der Waals surface area (Å²) in [4.78, 5) is 24.1. The average molecular weight is 458 g/mol. The Morgan fingerprint density at radius 3 is 2.47 bits per heavy atom. The summed E-state index contributed by atoms with van der Waals surface area (Å²) in [6.45, 7) is 4.87. The van der Waals surface area contributed by atoms with Gasteiger partial charge in [-0.15, -0.1) is 0 Å². The average Bonchev–Trinajstić information content (AvgIpc) is 2.75. The van der Waals surface area contributed by atoms with Crippen molar-refractivity contribution in [3.8, 4) is 17.2 Å². The molecule has 1 saturated carbocycles. The fourth-order valence-electron chi connectivity index (χ4n) is 4.34. The highest BCUT2D eigenvalue weighted by Gasteiger charge is 2.29. The molecule has 6 nitrogen and oxygen atoms in total. The van der Waals surface area contributed by atoms with Crippen LogP contribution in [-0.2, 0) is 4.79 Å². The number of hydrogen-bond acceptors (Lipinski definition) is 4. The van der Waals surface area contributed by atoms with E-state index in [9.17, 15) is 14.7 Å². The first kappa shape index (κ1) is 22.5. The monoisotopic (exact) mass is 457 g/mol. The maximum absolute atomic E-state index is 12.6. The van der Waals surface area contributed by atoms with Crippen molar-refractivity contribution in [3.05, 3.63) is 52.5 Å². The number of carbonyl (C=O) groups is 2. The van der Waals surface area contributed by atoms with Gasteiger partial charge < -0.3 is 19.9 Å². The highest BCUT2D eigenvalue weighted by atomic mass is 35.5. The van der Waals surface area contributed by atoms with Gasteiger partial charge in [-0.1, -0.05) is 25.4 Å². The van der Waals surface area contributed by atoms with E-state index < -0.39 is 11.9 Å². The minimum Gasteiger partial charge on any atom is -0.493 e. The van der Waals surface area contributed by atoms with Crippen molar-refractivity contribution in [1.29, 1.82) is 0 Å². The van der Waals surface area contributed by atoms with E-state index in [-0.39, 0.29) is 11.9 Å². The number of halogens is 1. The van der Waals surface area contributed by atoms with Gasteiger partial charge >= 0.3 is 5.97 Å². The van der Waals surface area contributed by atoms with Gasteiger partial charge in [-0.2, -0.15) is 0 Å². The third-order valence-electron chi connectivity index (χ3n) is 6.42. The molecule has 0 radical (unpaired) electrons. The van der Waals surface area contributed by atoms with Crippen LogP contribution in [0.5, 0.6) is 17.2 Å². The third-order valence-corrected chi connectivity index (χ3v) is 6.72. The predicted octanol–water partition coefficient (Wildman–Crippen LogP) is 5.78. The maximum Gasteiger partial charge on any atom is 0.311 e. The molecule has 0 spiro atoms. The molecule has 1 unspecified atom stereocenters. The van der Waals surface area contributed by atoms with Crippen LogP contribution in [0.25, 0.3) is 0 Å². The lowest BCUT2D eigenvalue weighted by Gasteiger charge is -2.34. The molecular formula is C25H28ClNO5. The van der Waals surface area contributed by atoms with Crippen LogP contribution < -0.4 is 14.8 Å². The number of aliphatic carboxylic acids is 1. The van der Waals surface area contributed by atoms with Gasteiger partial charge in [-0.3, -0.25) is 9.59 Å². The molecule has 4 rings (SSSR count). The second-order valence-electron chi connectivity index (χ2n) is 9.39. The summed E-state index contributed by atoms with van der Waals surface area (Å²) in [5, 5.41) is 12.9. The molecule has 0 saturated heterocycles. The quantitative estimate of drug-likeness (QED) is 0.594. The maximum atomic E-state index is 12.6. The molecule has 0 bridgehead atoms. The molecule has 7 heteroatoms. The van der Waals surface area contributed by atoms with Crippen molar-refractivity contribution in [1.82, 2.24) is 5.32 Å². The van der Waals surface area contributed by atoms with Crippen LogP contribution >= 0.6 is 11.6 Å². The Morgan fingerprint density at radius 2 is 1.81 bits per heavy atom. The molecule has 2 aromatic carbocycles. The number of benzene rings is 2. The highest BCUT2D eigenvalue weighted by Crippen LogP contribution is 2.42. The molecule has 170 valence electrons. The van der Waals surface area contributed by atoms with Crippen LogP contribution in [0.15, 0.2) is 36.4 Å². The number of carboxylic acids is 1. The molecule has 1 heterocycles. The molecule has 1 amide bonds. The molecule has 2 N–H and O–H groups in total. The SMILES string of the molecule is CC1(C)CCC(NC(=O)c2ccc(Oc3cc4c(cc3Cl)C(C(=O)O)CCO4)cc2)CC1. The van der Waals surface area contributed by atoms with Crippen molar-refractivity contribution in [3.63, 3.8) is 0 Å². The minimum atomic E-state index is -0.898. The Morgan fingerprint density at radius 1 is 1.12 bits per heavy atom.